The van der Waals surface area contributed by atoms with Crippen LogP contribution < -0.4 is 10.4 Å². The number of hydrogen-bond acceptors (Lipinski definition) is 5. The van der Waals surface area contributed by atoms with E-state index in [1.165, 1.54) is 13.0 Å². The first kappa shape index (κ1) is 13.3. The van der Waals surface area contributed by atoms with Crippen LogP contribution in [0.25, 0.3) is 22.5 Å². The van der Waals surface area contributed by atoms with Crippen molar-refractivity contribution in [3.8, 4) is 23.0 Å². The van der Waals surface area contributed by atoms with Crippen molar-refractivity contribution in [1.29, 1.82) is 0 Å². The SMILES string of the molecule is COc1c(C)ccc2cc(-c3cc(O)c(C)c(=O)o3)oc12. The van der Waals surface area contributed by atoms with E-state index in [2.05, 4.69) is 0 Å². The Balaban J connectivity index is 2.25. The highest BCUT2D eigenvalue weighted by molar-refractivity contribution is 5.88. The molecular weight excluding hydrogens is 272 g/mol. The standard InChI is InChI=1S/C16H14O5/c1-8-4-5-10-6-12(20-15(10)14(8)19-3)13-7-11(17)9(2)16(18)21-13/h4-7,17H,1-3H3. The van der Waals surface area contributed by atoms with E-state index in [1.54, 1.807) is 13.2 Å². The van der Waals surface area contributed by atoms with Crippen LogP contribution in [0.1, 0.15) is 11.1 Å². The fraction of sp³-hybridized carbons (Fsp3) is 0.188. The second-order valence-electron chi connectivity index (χ2n) is 4.85. The third-order valence-corrected chi connectivity index (χ3v) is 3.45. The Labute approximate surface area is 120 Å². The molecule has 2 aromatic heterocycles. The van der Waals surface area contributed by atoms with E-state index in [4.69, 9.17) is 13.6 Å². The van der Waals surface area contributed by atoms with Crippen LogP contribution in [0, 0.1) is 13.8 Å². The first-order valence-electron chi connectivity index (χ1n) is 6.42. The maximum atomic E-state index is 11.6. The van der Waals surface area contributed by atoms with Crippen molar-refractivity contribution in [3.63, 3.8) is 0 Å². The highest BCUT2D eigenvalue weighted by Crippen LogP contribution is 2.36. The normalized spacial score (nSPS) is 11.0. The van der Waals surface area contributed by atoms with Gasteiger partial charge in [-0.15, -0.1) is 0 Å². The molecule has 0 amide bonds. The summed E-state index contributed by atoms with van der Waals surface area (Å²) >= 11 is 0. The summed E-state index contributed by atoms with van der Waals surface area (Å²) in [5, 5.41) is 10.6. The number of hydrogen-bond donors (Lipinski definition) is 1. The molecule has 0 aliphatic heterocycles. The van der Waals surface area contributed by atoms with Crippen LogP contribution in [-0.4, -0.2) is 12.2 Å². The molecule has 0 aliphatic rings. The lowest BCUT2D eigenvalue weighted by atomic mass is 10.1. The molecule has 1 N–H and O–H groups in total. The zero-order valence-electron chi connectivity index (χ0n) is 11.9. The summed E-state index contributed by atoms with van der Waals surface area (Å²) in [5.74, 6) is 1.06. The Morgan fingerprint density at radius 1 is 1.10 bits per heavy atom. The van der Waals surface area contributed by atoms with E-state index in [9.17, 15) is 9.90 Å². The number of methoxy groups -OCH3 is 1. The minimum absolute atomic E-state index is 0.121. The van der Waals surface area contributed by atoms with Gasteiger partial charge in [-0.2, -0.15) is 0 Å². The van der Waals surface area contributed by atoms with Gasteiger partial charge in [-0.1, -0.05) is 12.1 Å². The molecule has 0 radical (unpaired) electrons. The van der Waals surface area contributed by atoms with Crippen LogP contribution in [0.4, 0.5) is 0 Å². The van der Waals surface area contributed by atoms with Gasteiger partial charge in [0.25, 0.3) is 0 Å². The van der Waals surface area contributed by atoms with Crippen molar-refractivity contribution < 1.29 is 18.7 Å². The summed E-state index contributed by atoms with van der Waals surface area (Å²) < 4.78 is 16.2. The maximum absolute atomic E-state index is 11.6. The van der Waals surface area contributed by atoms with E-state index >= 15 is 0 Å². The molecule has 21 heavy (non-hydrogen) atoms. The fourth-order valence-corrected chi connectivity index (χ4v) is 2.22. The van der Waals surface area contributed by atoms with Crippen LogP contribution in [0.2, 0.25) is 0 Å². The summed E-state index contributed by atoms with van der Waals surface area (Å²) in [6.07, 6.45) is 0. The molecule has 0 saturated heterocycles. The molecular formula is C16H14O5. The maximum Gasteiger partial charge on any atom is 0.343 e. The van der Waals surface area contributed by atoms with Gasteiger partial charge in [-0.3, -0.25) is 0 Å². The first-order valence-corrected chi connectivity index (χ1v) is 6.42. The molecule has 0 aliphatic carbocycles. The van der Waals surface area contributed by atoms with Crippen LogP contribution in [0.15, 0.2) is 37.9 Å². The van der Waals surface area contributed by atoms with Gasteiger partial charge in [-0.25, -0.2) is 4.79 Å². The van der Waals surface area contributed by atoms with Crippen molar-refractivity contribution in [3.05, 3.63) is 45.8 Å². The van der Waals surface area contributed by atoms with Crippen molar-refractivity contribution in [1.82, 2.24) is 0 Å². The fourth-order valence-electron chi connectivity index (χ4n) is 2.22. The lowest BCUT2D eigenvalue weighted by Gasteiger charge is -2.03. The molecule has 1 aromatic carbocycles. The summed E-state index contributed by atoms with van der Waals surface area (Å²) in [7, 11) is 1.57. The minimum Gasteiger partial charge on any atom is -0.507 e. The van der Waals surface area contributed by atoms with Gasteiger partial charge in [0.05, 0.1) is 12.7 Å². The van der Waals surface area contributed by atoms with Crippen molar-refractivity contribution in [2.45, 2.75) is 13.8 Å². The van der Waals surface area contributed by atoms with Gasteiger partial charge in [-0.05, 0) is 25.5 Å². The van der Waals surface area contributed by atoms with Gasteiger partial charge >= 0.3 is 5.63 Å². The zero-order chi connectivity index (χ0) is 15.1. The molecule has 2 heterocycles. The number of rotatable bonds is 2. The van der Waals surface area contributed by atoms with E-state index in [0.29, 0.717) is 17.1 Å². The third-order valence-electron chi connectivity index (χ3n) is 3.45. The second-order valence-corrected chi connectivity index (χ2v) is 4.85. The largest absolute Gasteiger partial charge is 0.507 e. The van der Waals surface area contributed by atoms with Crippen LogP contribution in [0.5, 0.6) is 11.5 Å². The average molecular weight is 286 g/mol. The Hall–Kier alpha value is -2.69. The quantitative estimate of drug-likeness (QED) is 0.781. The predicted molar refractivity (Wildman–Crippen MR) is 77.9 cm³/mol. The molecule has 5 nitrogen and oxygen atoms in total. The molecule has 108 valence electrons. The zero-order valence-corrected chi connectivity index (χ0v) is 11.9. The van der Waals surface area contributed by atoms with Crippen LogP contribution in [-0.2, 0) is 0 Å². The molecule has 0 saturated carbocycles. The number of ether oxygens (including phenoxy) is 1. The molecule has 3 rings (SSSR count). The van der Waals surface area contributed by atoms with Crippen molar-refractivity contribution in [2.24, 2.45) is 0 Å². The van der Waals surface area contributed by atoms with Crippen LogP contribution >= 0.6 is 0 Å². The molecule has 5 heteroatoms. The van der Waals surface area contributed by atoms with E-state index < -0.39 is 5.63 Å². The predicted octanol–water partition coefficient (Wildman–Crippen LogP) is 3.38. The Kier molecular flexibility index (Phi) is 2.97. The lowest BCUT2D eigenvalue weighted by Crippen LogP contribution is -2.03. The number of aryl methyl sites for hydroxylation is 1. The first-order chi connectivity index (χ1) is 10.0. The van der Waals surface area contributed by atoms with Gasteiger partial charge in [0.2, 0.25) is 0 Å². The Morgan fingerprint density at radius 3 is 2.48 bits per heavy atom. The van der Waals surface area contributed by atoms with Crippen molar-refractivity contribution >= 4 is 11.0 Å². The van der Waals surface area contributed by atoms with Gasteiger partial charge in [0.15, 0.2) is 22.9 Å². The average Bonchev–Trinajstić information content (AvgIpc) is 2.88. The molecule has 0 spiro atoms. The Bertz CT molecular complexity index is 886. The molecule has 0 bridgehead atoms. The van der Waals surface area contributed by atoms with Crippen LogP contribution in [0.3, 0.4) is 0 Å². The smallest absolute Gasteiger partial charge is 0.343 e. The van der Waals surface area contributed by atoms with Crippen molar-refractivity contribution in [2.75, 3.05) is 7.11 Å². The summed E-state index contributed by atoms with van der Waals surface area (Å²) in [6, 6.07) is 6.92. The van der Waals surface area contributed by atoms with E-state index in [0.717, 1.165) is 10.9 Å². The monoisotopic (exact) mass is 286 g/mol. The van der Waals surface area contributed by atoms with Gasteiger partial charge in [0, 0.05) is 11.5 Å². The molecule has 0 fully saturated rings. The summed E-state index contributed by atoms with van der Waals surface area (Å²) in [5.41, 5.74) is 1.10. The second kappa shape index (κ2) is 4.70. The number of aromatic hydroxyl groups is 1. The summed E-state index contributed by atoms with van der Waals surface area (Å²) in [6.45, 7) is 3.41. The molecule has 0 unspecified atom stereocenters. The molecule has 0 atom stereocenters. The Morgan fingerprint density at radius 2 is 1.81 bits per heavy atom. The van der Waals surface area contributed by atoms with E-state index in [-0.39, 0.29) is 17.1 Å². The lowest BCUT2D eigenvalue weighted by molar-refractivity contribution is 0.406. The number of benzene rings is 1. The molecule has 3 aromatic rings. The highest BCUT2D eigenvalue weighted by Gasteiger charge is 2.16. The topological polar surface area (TPSA) is 72.8 Å². The van der Waals surface area contributed by atoms with E-state index in [1.807, 2.05) is 19.1 Å². The third kappa shape index (κ3) is 2.07. The minimum atomic E-state index is -0.589. The number of furan rings is 1. The number of fused-ring (bicyclic) bond motifs is 1. The van der Waals surface area contributed by atoms with Gasteiger partial charge < -0.3 is 18.7 Å². The summed E-state index contributed by atoms with van der Waals surface area (Å²) in [4.78, 5) is 11.6. The highest BCUT2D eigenvalue weighted by atomic mass is 16.5. The van der Waals surface area contributed by atoms with Gasteiger partial charge in [0.1, 0.15) is 5.75 Å².